The molecule has 0 aromatic rings. The molecule has 0 heterocycles. The van der Waals surface area contributed by atoms with Crippen molar-refractivity contribution in [3.05, 3.63) is 48.6 Å². The van der Waals surface area contributed by atoms with Crippen LogP contribution in [-0.2, 0) is 27.9 Å². The van der Waals surface area contributed by atoms with Crippen molar-refractivity contribution in [1.29, 1.82) is 0 Å². The van der Waals surface area contributed by atoms with E-state index in [1.165, 1.54) is 135 Å². The third-order valence-corrected chi connectivity index (χ3v) is 11.3. The van der Waals surface area contributed by atoms with Crippen LogP contribution in [0.25, 0.3) is 0 Å². The predicted octanol–water partition coefficient (Wildman–Crippen LogP) is 14.7. The van der Waals surface area contributed by atoms with Gasteiger partial charge >= 0.3 is 13.8 Å². The lowest BCUT2D eigenvalue weighted by molar-refractivity contribution is -0.870. The number of hydrogen-bond acceptors (Lipinski definition) is 6. The monoisotopic (exact) mass is 853 g/mol. The molecule has 0 radical (unpaired) electrons. The molecule has 0 saturated heterocycles. The lowest BCUT2D eigenvalue weighted by Gasteiger charge is -2.24. The number of carbonyl (C=O) groups excluding carboxylic acids is 1. The number of quaternary nitrogens is 1. The topological polar surface area (TPSA) is 91.3 Å². The number of allylic oxidation sites excluding steroid dienone is 8. The van der Waals surface area contributed by atoms with Crippen LogP contribution in [0.1, 0.15) is 206 Å². The maximum absolute atomic E-state index is 12.7. The first-order valence-electron chi connectivity index (χ1n) is 24.4. The first-order valence-corrected chi connectivity index (χ1v) is 25.9. The molecule has 0 bridgehead atoms. The van der Waals surface area contributed by atoms with Gasteiger partial charge in [0.15, 0.2) is 0 Å². The summed E-state index contributed by atoms with van der Waals surface area (Å²) in [5.74, 6) is -0.322. The third-order valence-electron chi connectivity index (χ3n) is 10.4. The van der Waals surface area contributed by atoms with Crippen LogP contribution < -0.4 is 0 Å². The fourth-order valence-electron chi connectivity index (χ4n) is 6.55. The number of phosphoric acid groups is 1. The van der Waals surface area contributed by atoms with Crippen LogP contribution in [0.3, 0.4) is 0 Å². The zero-order valence-corrected chi connectivity index (χ0v) is 40.1. The second kappa shape index (κ2) is 43.1. The lowest BCUT2D eigenvalue weighted by atomic mass is 10.1. The van der Waals surface area contributed by atoms with E-state index in [1.54, 1.807) is 0 Å². The van der Waals surface area contributed by atoms with Crippen molar-refractivity contribution in [2.24, 2.45) is 0 Å². The van der Waals surface area contributed by atoms with Crippen molar-refractivity contribution >= 4 is 13.8 Å². The summed E-state index contributed by atoms with van der Waals surface area (Å²) in [5.41, 5.74) is 0. The number of carbonyl (C=O) groups is 1. The van der Waals surface area contributed by atoms with Crippen LogP contribution in [0, 0.1) is 0 Å². The molecule has 9 heteroatoms. The van der Waals surface area contributed by atoms with Crippen LogP contribution in [0.4, 0.5) is 0 Å². The first-order chi connectivity index (χ1) is 28.6. The molecule has 346 valence electrons. The van der Waals surface area contributed by atoms with Crippen molar-refractivity contribution in [2.45, 2.75) is 213 Å². The van der Waals surface area contributed by atoms with Gasteiger partial charge in [0.05, 0.1) is 34.4 Å². The highest BCUT2D eigenvalue weighted by molar-refractivity contribution is 7.47. The molecule has 0 aliphatic rings. The summed E-state index contributed by atoms with van der Waals surface area (Å²) >= 11 is 0. The number of ether oxygens (including phenoxy) is 2. The molecule has 0 fully saturated rings. The highest BCUT2D eigenvalue weighted by Gasteiger charge is 2.26. The van der Waals surface area contributed by atoms with Gasteiger partial charge in [-0.05, 0) is 77.0 Å². The Hall–Kier alpha value is -1.54. The van der Waals surface area contributed by atoms with Crippen LogP contribution in [0.2, 0.25) is 0 Å². The second-order valence-corrected chi connectivity index (χ2v) is 18.9. The molecule has 2 unspecified atom stereocenters. The zero-order valence-electron chi connectivity index (χ0n) is 39.2. The summed E-state index contributed by atoms with van der Waals surface area (Å²) in [5, 5.41) is 0. The molecule has 0 rings (SSSR count). The van der Waals surface area contributed by atoms with Crippen molar-refractivity contribution in [3.8, 4) is 0 Å². The van der Waals surface area contributed by atoms with Crippen LogP contribution >= 0.6 is 7.82 Å². The normalized spacial score (nSPS) is 14.1. The molecule has 0 aromatic heterocycles. The molecule has 0 saturated carbocycles. The van der Waals surface area contributed by atoms with E-state index < -0.39 is 13.9 Å². The average molecular weight is 853 g/mol. The molecule has 8 nitrogen and oxygen atoms in total. The number of phosphoric ester groups is 1. The van der Waals surface area contributed by atoms with Gasteiger partial charge in [0, 0.05) is 13.0 Å². The number of rotatable bonds is 45. The quantitative estimate of drug-likeness (QED) is 0.0214. The number of hydrogen-bond donors (Lipinski definition) is 1. The van der Waals surface area contributed by atoms with Gasteiger partial charge in [-0.15, -0.1) is 0 Å². The summed E-state index contributed by atoms with van der Waals surface area (Å²) in [6.07, 6.45) is 52.9. The summed E-state index contributed by atoms with van der Waals surface area (Å²) < 4.78 is 35.1. The Morgan fingerprint density at radius 3 is 1.41 bits per heavy atom. The molecule has 1 N–H and O–H groups in total. The fraction of sp³-hybridized carbons (Fsp3) is 0.820. The number of esters is 1. The number of nitrogens with zero attached hydrogens (tertiary/aromatic N) is 1. The Balaban J connectivity index is 4.19. The SMILES string of the molecule is CCCCC/C=C\C/C=C\CCCCCCCCOCC(COP(=O)(O)OCC[N+](C)(C)C)OC(=O)CCCCCCCCCCC/C=C\C/C=C\CCCCCCC. The molecule has 0 amide bonds. The number of unbranched alkanes of at least 4 members (excludes halogenated alkanes) is 23. The predicted molar refractivity (Wildman–Crippen MR) is 252 cm³/mol. The van der Waals surface area contributed by atoms with E-state index in [4.69, 9.17) is 18.5 Å². The Morgan fingerprint density at radius 2 is 0.932 bits per heavy atom. The van der Waals surface area contributed by atoms with E-state index in [2.05, 4.69) is 62.5 Å². The molecular weight excluding hydrogens is 758 g/mol. The summed E-state index contributed by atoms with van der Waals surface area (Å²) in [6, 6.07) is 0. The van der Waals surface area contributed by atoms with Crippen molar-refractivity contribution in [3.63, 3.8) is 0 Å². The van der Waals surface area contributed by atoms with Gasteiger partial charge in [-0.3, -0.25) is 13.8 Å². The van der Waals surface area contributed by atoms with E-state index in [0.29, 0.717) is 24.1 Å². The van der Waals surface area contributed by atoms with Gasteiger partial charge in [0.25, 0.3) is 0 Å². The van der Waals surface area contributed by atoms with Gasteiger partial charge in [0.2, 0.25) is 0 Å². The van der Waals surface area contributed by atoms with Gasteiger partial charge < -0.3 is 18.9 Å². The number of likely N-dealkylation sites (N-methyl/N-ethyl adjacent to an activating group) is 1. The highest BCUT2D eigenvalue weighted by Crippen LogP contribution is 2.43. The lowest BCUT2D eigenvalue weighted by Crippen LogP contribution is -2.37. The highest BCUT2D eigenvalue weighted by atomic mass is 31.2. The molecule has 0 spiro atoms. The van der Waals surface area contributed by atoms with Crippen molar-refractivity contribution < 1.29 is 37.3 Å². The minimum Gasteiger partial charge on any atom is -0.457 e. The first kappa shape index (κ1) is 57.5. The third kappa shape index (κ3) is 47.4. The van der Waals surface area contributed by atoms with Gasteiger partial charge in [-0.25, -0.2) is 4.57 Å². The van der Waals surface area contributed by atoms with Crippen molar-refractivity contribution in [2.75, 3.05) is 54.1 Å². The maximum atomic E-state index is 12.7. The van der Waals surface area contributed by atoms with E-state index in [1.807, 2.05) is 21.1 Å². The van der Waals surface area contributed by atoms with Gasteiger partial charge in [-0.2, -0.15) is 0 Å². The van der Waals surface area contributed by atoms with Crippen LogP contribution in [-0.4, -0.2) is 75.6 Å². The van der Waals surface area contributed by atoms with Gasteiger partial charge in [-0.1, -0.05) is 172 Å². The molecule has 0 aromatic carbocycles. The Labute approximate surface area is 365 Å². The van der Waals surface area contributed by atoms with E-state index in [9.17, 15) is 14.3 Å². The molecule has 0 aliphatic carbocycles. The Morgan fingerprint density at radius 1 is 0.525 bits per heavy atom. The maximum Gasteiger partial charge on any atom is 0.472 e. The molecule has 59 heavy (non-hydrogen) atoms. The van der Waals surface area contributed by atoms with Crippen LogP contribution in [0.5, 0.6) is 0 Å². The second-order valence-electron chi connectivity index (χ2n) is 17.5. The van der Waals surface area contributed by atoms with E-state index in [0.717, 1.165) is 51.4 Å². The zero-order chi connectivity index (χ0) is 43.4. The smallest absolute Gasteiger partial charge is 0.457 e. The average Bonchev–Trinajstić information content (AvgIpc) is 3.19. The Kier molecular flexibility index (Phi) is 42.0. The summed E-state index contributed by atoms with van der Waals surface area (Å²) in [7, 11) is 1.66. The van der Waals surface area contributed by atoms with Crippen molar-refractivity contribution in [1.82, 2.24) is 0 Å². The fourth-order valence-corrected chi connectivity index (χ4v) is 7.30. The molecular formula is C50H95NO7P+. The van der Waals surface area contributed by atoms with E-state index >= 15 is 0 Å². The Bertz CT molecular complexity index is 1080. The van der Waals surface area contributed by atoms with Crippen LogP contribution in [0.15, 0.2) is 48.6 Å². The van der Waals surface area contributed by atoms with E-state index in [-0.39, 0.29) is 25.8 Å². The standard InChI is InChI=1S/C50H94NO7P/c1-6-8-10-12-14-16-18-20-22-24-25-26-27-28-29-31-33-35-37-39-41-43-50(52)58-49(48-57-59(53,54)56-46-44-51(3,4)5)47-55-45-42-40-38-36-34-32-30-23-21-19-17-15-13-11-9-7-2/h15,17-18,20-21,23-25,49H,6-14,16,19,22,26-48H2,1-5H3/p+1/b17-15-,20-18-,23-21-,25-24-. The molecule has 0 aliphatic heterocycles. The van der Waals surface area contributed by atoms with Gasteiger partial charge in [0.1, 0.15) is 19.3 Å². The largest absolute Gasteiger partial charge is 0.472 e. The molecule has 2 atom stereocenters. The minimum atomic E-state index is -4.28. The summed E-state index contributed by atoms with van der Waals surface area (Å²) in [4.78, 5) is 23.0. The summed E-state index contributed by atoms with van der Waals surface area (Å²) in [6.45, 7) is 5.57. The minimum absolute atomic E-state index is 0.0844.